The zero-order valence-electron chi connectivity index (χ0n) is 13.4. The molecule has 0 N–H and O–H groups in total. The van der Waals surface area contributed by atoms with Gasteiger partial charge in [-0.25, -0.2) is 0 Å². The van der Waals surface area contributed by atoms with Crippen molar-refractivity contribution in [3.05, 3.63) is 54.1 Å². The Bertz CT molecular complexity index is 773. The van der Waals surface area contributed by atoms with Gasteiger partial charge in [0.05, 0.1) is 29.3 Å². The molecule has 1 unspecified atom stereocenters. The minimum Gasteiger partial charge on any atom is -0.497 e. The summed E-state index contributed by atoms with van der Waals surface area (Å²) in [6, 6.07) is 15.6. The van der Waals surface area contributed by atoms with Crippen LogP contribution in [0.25, 0.3) is 0 Å². The second kappa shape index (κ2) is 5.10. The molecule has 2 aromatic rings. The van der Waals surface area contributed by atoms with Gasteiger partial charge in [-0.05, 0) is 43.2 Å². The molecule has 23 heavy (non-hydrogen) atoms. The molecular formula is C19H20O3S. The summed E-state index contributed by atoms with van der Waals surface area (Å²) in [6.07, 6.45) is 1.94. The van der Waals surface area contributed by atoms with Crippen LogP contribution in [0.3, 0.4) is 0 Å². The van der Waals surface area contributed by atoms with Gasteiger partial charge in [0.25, 0.3) is 0 Å². The molecule has 0 aromatic heterocycles. The van der Waals surface area contributed by atoms with E-state index in [0.29, 0.717) is 6.61 Å². The molecule has 0 amide bonds. The second-order valence-corrected chi connectivity index (χ2v) is 8.33. The molecule has 1 aliphatic carbocycles. The summed E-state index contributed by atoms with van der Waals surface area (Å²) in [4.78, 5) is 0.883. The highest BCUT2D eigenvalue weighted by molar-refractivity contribution is 7.86. The highest BCUT2D eigenvalue weighted by atomic mass is 32.2. The minimum absolute atomic E-state index is 0.104. The van der Waals surface area contributed by atoms with Crippen molar-refractivity contribution in [3.63, 3.8) is 0 Å². The van der Waals surface area contributed by atoms with Gasteiger partial charge >= 0.3 is 0 Å². The van der Waals surface area contributed by atoms with Crippen LogP contribution in [-0.2, 0) is 15.5 Å². The summed E-state index contributed by atoms with van der Waals surface area (Å²) >= 11 is 0. The van der Waals surface area contributed by atoms with Gasteiger partial charge in [0, 0.05) is 15.9 Å². The Kier molecular flexibility index (Phi) is 3.27. The van der Waals surface area contributed by atoms with Crippen LogP contribution in [0.5, 0.6) is 11.5 Å². The van der Waals surface area contributed by atoms with Crippen LogP contribution in [0.1, 0.15) is 25.3 Å². The van der Waals surface area contributed by atoms with Gasteiger partial charge < -0.3 is 9.47 Å². The third-order valence-corrected chi connectivity index (χ3v) is 7.70. The Morgan fingerprint density at radius 1 is 1.13 bits per heavy atom. The van der Waals surface area contributed by atoms with Crippen molar-refractivity contribution in [1.82, 2.24) is 0 Å². The van der Waals surface area contributed by atoms with Crippen molar-refractivity contribution in [3.8, 4) is 11.5 Å². The normalized spacial score (nSPS) is 29.5. The molecule has 0 saturated heterocycles. The molecule has 4 rings (SSSR count). The number of benzene rings is 2. The highest BCUT2D eigenvalue weighted by Gasteiger charge is 2.64. The van der Waals surface area contributed by atoms with Crippen molar-refractivity contribution in [2.75, 3.05) is 13.7 Å². The standard InChI is InChI=1S/C19H20O3S/c1-18-10-11-19(18,23(20)15-6-4-3-5-7-15)16-12-14(21-2)8-9-17(16)22-13-18/h3-9,12H,10-11,13H2,1-2H3/t18-,19-,23?/m0/s1. The fraction of sp³-hybridized carbons (Fsp3) is 0.368. The first kappa shape index (κ1) is 14.8. The largest absolute Gasteiger partial charge is 0.497 e. The van der Waals surface area contributed by atoms with E-state index in [-0.39, 0.29) is 5.41 Å². The summed E-state index contributed by atoms with van der Waals surface area (Å²) in [5.41, 5.74) is 0.923. The van der Waals surface area contributed by atoms with E-state index in [1.165, 1.54) is 0 Å². The maximum Gasteiger partial charge on any atom is 0.124 e. The van der Waals surface area contributed by atoms with Gasteiger partial charge in [0.2, 0.25) is 0 Å². The molecule has 4 heteroatoms. The zero-order chi connectivity index (χ0) is 16.1. The van der Waals surface area contributed by atoms with Gasteiger partial charge in [0.1, 0.15) is 11.5 Å². The van der Waals surface area contributed by atoms with Crippen LogP contribution in [0.2, 0.25) is 0 Å². The third-order valence-electron chi connectivity index (χ3n) is 5.45. The van der Waals surface area contributed by atoms with Crippen molar-refractivity contribution in [2.24, 2.45) is 5.41 Å². The molecular weight excluding hydrogens is 308 g/mol. The lowest BCUT2D eigenvalue weighted by Gasteiger charge is -2.59. The summed E-state index contributed by atoms with van der Waals surface area (Å²) < 4.78 is 24.6. The quantitative estimate of drug-likeness (QED) is 0.857. The first-order valence-electron chi connectivity index (χ1n) is 7.89. The van der Waals surface area contributed by atoms with Crippen molar-refractivity contribution < 1.29 is 13.7 Å². The molecule has 1 fully saturated rings. The molecule has 3 nitrogen and oxygen atoms in total. The molecule has 0 bridgehead atoms. The Morgan fingerprint density at radius 2 is 1.91 bits per heavy atom. The van der Waals surface area contributed by atoms with Gasteiger partial charge in [-0.2, -0.15) is 0 Å². The number of ether oxygens (including phenoxy) is 2. The van der Waals surface area contributed by atoms with Crippen LogP contribution in [-0.4, -0.2) is 17.9 Å². The minimum atomic E-state index is -1.13. The molecule has 1 saturated carbocycles. The van der Waals surface area contributed by atoms with Gasteiger partial charge in [-0.15, -0.1) is 0 Å². The topological polar surface area (TPSA) is 35.5 Å². The van der Waals surface area contributed by atoms with Crippen molar-refractivity contribution >= 4 is 10.8 Å². The Balaban J connectivity index is 1.91. The maximum atomic E-state index is 13.6. The van der Waals surface area contributed by atoms with E-state index in [1.54, 1.807) is 7.11 Å². The van der Waals surface area contributed by atoms with Crippen LogP contribution in [0, 0.1) is 5.41 Å². The predicted octanol–water partition coefficient (Wildman–Crippen LogP) is 3.89. The number of rotatable bonds is 3. The second-order valence-electron chi connectivity index (χ2n) is 6.62. The van der Waals surface area contributed by atoms with Gasteiger partial charge in [0.15, 0.2) is 0 Å². The molecule has 2 aliphatic rings. The highest BCUT2D eigenvalue weighted by Crippen LogP contribution is 2.65. The SMILES string of the molecule is COc1ccc2c(c1)[C@@]1(S(=O)c3ccccc3)CC[C@@]1(C)CO2. The third kappa shape index (κ3) is 1.91. The lowest BCUT2D eigenvalue weighted by molar-refractivity contribution is -0.00141. The van der Waals surface area contributed by atoms with Crippen LogP contribution < -0.4 is 9.47 Å². The van der Waals surface area contributed by atoms with Gasteiger partial charge in [-0.3, -0.25) is 4.21 Å². The average molecular weight is 328 g/mol. The van der Waals surface area contributed by atoms with Crippen LogP contribution in [0.4, 0.5) is 0 Å². The molecule has 1 aliphatic heterocycles. The summed E-state index contributed by atoms with van der Waals surface area (Å²) in [5.74, 6) is 1.63. The van der Waals surface area contributed by atoms with Crippen molar-refractivity contribution in [1.29, 1.82) is 0 Å². The number of hydrogen-bond acceptors (Lipinski definition) is 3. The van der Waals surface area contributed by atoms with E-state index < -0.39 is 15.5 Å². The summed E-state index contributed by atoms with van der Waals surface area (Å²) in [5, 5.41) is 0. The summed E-state index contributed by atoms with van der Waals surface area (Å²) in [6.45, 7) is 2.81. The van der Waals surface area contributed by atoms with Gasteiger partial charge in [-0.1, -0.05) is 25.1 Å². The van der Waals surface area contributed by atoms with E-state index in [2.05, 4.69) is 6.92 Å². The summed E-state index contributed by atoms with van der Waals surface area (Å²) in [7, 11) is 0.534. The first-order chi connectivity index (χ1) is 11.1. The molecule has 0 radical (unpaired) electrons. The molecule has 2 aromatic carbocycles. The predicted molar refractivity (Wildman–Crippen MR) is 90.4 cm³/mol. The fourth-order valence-corrected chi connectivity index (χ4v) is 5.97. The molecule has 1 heterocycles. The lowest BCUT2D eigenvalue weighted by Crippen LogP contribution is -2.60. The fourth-order valence-electron chi connectivity index (χ4n) is 3.90. The monoisotopic (exact) mass is 328 g/mol. The van der Waals surface area contributed by atoms with E-state index in [4.69, 9.17) is 9.47 Å². The van der Waals surface area contributed by atoms with E-state index >= 15 is 0 Å². The smallest absolute Gasteiger partial charge is 0.124 e. The first-order valence-corrected chi connectivity index (χ1v) is 9.04. The van der Waals surface area contributed by atoms with Crippen LogP contribution in [0.15, 0.2) is 53.4 Å². The Morgan fingerprint density at radius 3 is 2.57 bits per heavy atom. The zero-order valence-corrected chi connectivity index (χ0v) is 14.2. The number of methoxy groups -OCH3 is 1. The maximum absolute atomic E-state index is 13.6. The Labute approximate surface area is 139 Å². The molecule has 3 atom stereocenters. The van der Waals surface area contributed by atoms with E-state index in [0.717, 1.165) is 34.8 Å². The van der Waals surface area contributed by atoms with E-state index in [1.807, 2.05) is 48.5 Å². The average Bonchev–Trinajstić information content (AvgIpc) is 2.59. The lowest BCUT2D eigenvalue weighted by atomic mass is 9.57. The van der Waals surface area contributed by atoms with Crippen molar-refractivity contribution in [2.45, 2.75) is 29.4 Å². The Hall–Kier alpha value is -1.81. The number of fused-ring (bicyclic) bond motifs is 3. The number of hydrogen-bond donors (Lipinski definition) is 0. The molecule has 120 valence electrons. The van der Waals surface area contributed by atoms with Crippen LogP contribution >= 0.6 is 0 Å². The molecule has 0 spiro atoms. The van der Waals surface area contributed by atoms with E-state index in [9.17, 15) is 4.21 Å².